The first-order chi connectivity index (χ1) is 14.0. The Morgan fingerprint density at radius 1 is 1.14 bits per heavy atom. The van der Waals surface area contributed by atoms with Crippen molar-refractivity contribution >= 4 is 11.6 Å². The quantitative estimate of drug-likeness (QED) is 0.476. The van der Waals surface area contributed by atoms with Crippen molar-refractivity contribution in [1.82, 2.24) is 20.0 Å². The molecule has 1 saturated heterocycles. The van der Waals surface area contributed by atoms with E-state index >= 15 is 0 Å². The number of hydrogen-bond donors (Lipinski definition) is 0. The summed E-state index contributed by atoms with van der Waals surface area (Å²) in [5.41, 5.74) is 0.624. The van der Waals surface area contributed by atoms with Crippen LogP contribution in [0.15, 0.2) is 51.5 Å². The second kappa shape index (κ2) is 7.84. The number of benzene rings is 1. The lowest BCUT2D eigenvalue weighted by Gasteiger charge is -2.36. The van der Waals surface area contributed by atoms with Gasteiger partial charge >= 0.3 is 0 Å². The fourth-order valence-corrected chi connectivity index (χ4v) is 3.27. The number of rotatable bonds is 5. The van der Waals surface area contributed by atoms with E-state index in [1.807, 2.05) is 6.92 Å². The van der Waals surface area contributed by atoms with Gasteiger partial charge in [0.25, 0.3) is 11.6 Å². The summed E-state index contributed by atoms with van der Waals surface area (Å²) in [5, 5.41) is 19.0. The number of amides is 1. The highest BCUT2D eigenvalue weighted by Crippen LogP contribution is 2.26. The summed E-state index contributed by atoms with van der Waals surface area (Å²) in [6.45, 7) is 4.46. The number of aromatic nitrogens is 2. The van der Waals surface area contributed by atoms with Crippen LogP contribution in [0.2, 0.25) is 0 Å². The van der Waals surface area contributed by atoms with Gasteiger partial charge in [0.1, 0.15) is 0 Å². The largest absolute Gasteiger partial charge is 0.459 e. The van der Waals surface area contributed by atoms with E-state index in [4.69, 9.17) is 8.83 Å². The molecule has 0 saturated carbocycles. The van der Waals surface area contributed by atoms with Crippen LogP contribution in [0, 0.1) is 10.1 Å². The van der Waals surface area contributed by atoms with E-state index in [0.717, 1.165) is 0 Å². The van der Waals surface area contributed by atoms with Crippen LogP contribution < -0.4 is 0 Å². The molecule has 0 bridgehead atoms. The van der Waals surface area contributed by atoms with E-state index in [1.165, 1.54) is 18.4 Å². The Kier molecular flexibility index (Phi) is 5.09. The minimum Gasteiger partial charge on any atom is -0.459 e. The summed E-state index contributed by atoms with van der Waals surface area (Å²) in [7, 11) is 0. The highest BCUT2D eigenvalue weighted by molar-refractivity contribution is 5.91. The van der Waals surface area contributed by atoms with Gasteiger partial charge in [-0.05, 0) is 31.2 Å². The first kappa shape index (κ1) is 18.8. The van der Waals surface area contributed by atoms with Crippen LogP contribution in [-0.4, -0.2) is 57.0 Å². The van der Waals surface area contributed by atoms with Gasteiger partial charge in [-0.3, -0.25) is 19.8 Å². The molecule has 1 fully saturated rings. The molecule has 0 N–H and O–H groups in total. The maximum atomic E-state index is 12.4. The third-order valence-electron chi connectivity index (χ3n) is 5.00. The number of carbonyl (C=O) groups excluding carboxylic acids is 1. The van der Waals surface area contributed by atoms with Gasteiger partial charge < -0.3 is 13.7 Å². The van der Waals surface area contributed by atoms with Gasteiger partial charge in [0.05, 0.1) is 17.2 Å². The smallest absolute Gasteiger partial charge is 0.289 e. The zero-order valence-corrected chi connectivity index (χ0v) is 15.7. The summed E-state index contributed by atoms with van der Waals surface area (Å²) < 4.78 is 11.0. The molecule has 0 aliphatic carbocycles. The number of piperazine rings is 1. The number of nitro groups is 1. The average molecular weight is 397 g/mol. The van der Waals surface area contributed by atoms with E-state index in [0.29, 0.717) is 49.3 Å². The van der Waals surface area contributed by atoms with Gasteiger partial charge in [-0.25, -0.2) is 0 Å². The van der Waals surface area contributed by atoms with E-state index < -0.39 is 4.92 Å². The predicted octanol–water partition coefficient (Wildman–Crippen LogP) is 2.76. The van der Waals surface area contributed by atoms with Crippen molar-refractivity contribution < 1.29 is 18.6 Å². The molecule has 3 heterocycles. The number of furan rings is 1. The van der Waals surface area contributed by atoms with Gasteiger partial charge in [-0.15, -0.1) is 10.2 Å². The number of hydrogen-bond acceptors (Lipinski definition) is 8. The number of carbonyl (C=O) groups is 1. The standard InChI is InChI=1S/C19H19N5O5/c1-13(22-8-10-23(11-9-22)19(25)16-3-2-12-28-16)17-20-21-18(29-17)14-4-6-15(7-5-14)24(26)27/h2-7,12-13H,8-11H2,1H3/t13-/m0/s1. The molecular formula is C19H19N5O5. The Morgan fingerprint density at radius 2 is 1.86 bits per heavy atom. The number of non-ortho nitro benzene ring substituents is 1. The van der Waals surface area contributed by atoms with Crippen molar-refractivity contribution in [2.24, 2.45) is 0 Å². The second-order valence-electron chi connectivity index (χ2n) is 6.73. The minimum atomic E-state index is -0.457. The van der Waals surface area contributed by atoms with Crippen molar-refractivity contribution in [2.45, 2.75) is 13.0 Å². The van der Waals surface area contributed by atoms with Crippen molar-refractivity contribution in [1.29, 1.82) is 0 Å². The van der Waals surface area contributed by atoms with Crippen LogP contribution in [0.5, 0.6) is 0 Å². The maximum absolute atomic E-state index is 12.4. The van der Waals surface area contributed by atoms with E-state index in [2.05, 4.69) is 15.1 Å². The lowest BCUT2D eigenvalue weighted by molar-refractivity contribution is -0.384. The Balaban J connectivity index is 1.39. The molecule has 1 amide bonds. The first-order valence-corrected chi connectivity index (χ1v) is 9.18. The zero-order chi connectivity index (χ0) is 20.4. The summed E-state index contributed by atoms with van der Waals surface area (Å²) >= 11 is 0. The van der Waals surface area contributed by atoms with Gasteiger partial charge in [-0.1, -0.05) is 0 Å². The molecule has 10 heteroatoms. The lowest BCUT2D eigenvalue weighted by atomic mass is 10.2. The van der Waals surface area contributed by atoms with Gasteiger partial charge in [0.2, 0.25) is 11.8 Å². The molecule has 2 aromatic heterocycles. The Bertz CT molecular complexity index is 990. The van der Waals surface area contributed by atoms with Crippen molar-refractivity contribution in [3.05, 3.63) is 64.4 Å². The number of nitro benzene ring substituents is 1. The molecule has 1 atom stereocenters. The SMILES string of the molecule is C[C@@H](c1nnc(-c2ccc([N+](=O)[O-])cc2)o1)N1CCN(C(=O)c2ccco2)CC1. The summed E-state index contributed by atoms with van der Waals surface area (Å²) in [4.78, 5) is 26.6. The highest BCUT2D eigenvalue weighted by Gasteiger charge is 2.28. The Morgan fingerprint density at radius 3 is 2.48 bits per heavy atom. The molecule has 150 valence electrons. The average Bonchev–Trinajstić information content (AvgIpc) is 3.45. The molecule has 0 unspecified atom stereocenters. The van der Waals surface area contributed by atoms with Crippen LogP contribution in [-0.2, 0) is 0 Å². The van der Waals surface area contributed by atoms with E-state index in [9.17, 15) is 14.9 Å². The first-order valence-electron chi connectivity index (χ1n) is 9.18. The topological polar surface area (TPSA) is 119 Å². The van der Waals surface area contributed by atoms with Gasteiger partial charge in [0, 0.05) is 43.9 Å². The maximum Gasteiger partial charge on any atom is 0.289 e. The van der Waals surface area contributed by atoms with Crippen LogP contribution >= 0.6 is 0 Å². The molecular weight excluding hydrogens is 378 g/mol. The molecule has 4 rings (SSSR count). The van der Waals surface area contributed by atoms with Gasteiger partial charge in [0.15, 0.2) is 5.76 Å². The number of nitrogens with zero attached hydrogens (tertiary/aromatic N) is 5. The van der Waals surface area contributed by atoms with Crippen molar-refractivity contribution in [3.63, 3.8) is 0 Å². The summed E-state index contributed by atoms with van der Waals surface area (Å²) in [6, 6.07) is 9.21. The van der Waals surface area contributed by atoms with Gasteiger partial charge in [-0.2, -0.15) is 0 Å². The summed E-state index contributed by atoms with van der Waals surface area (Å²) in [6.07, 6.45) is 1.49. The normalized spacial score (nSPS) is 16.0. The second-order valence-corrected chi connectivity index (χ2v) is 6.73. The van der Waals surface area contributed by atoms with Crippen LogP contribution in [0.25, 0.3) is 11.5 Å². The molecule has 1 aromatic carbocycles. The minimum absolute atomic E-state index is 0.00354. The molecule has 0 spiro atoms. The predicted molar refractivity (Wildman–Crippen MR) is 101 cm³/mol. The van der Waals surface area contributed by atoms with Crippen LogP contribution in [0.3, 0.4) is 0 Å². The third kappa shape index (κ3) is 3.87. The fourth-order valence-electron chi connectivity index (χ4n) is 3.27. The molecule has 0 radical (unpaired) electrons. The Hall–Kier alpha value is -3.53. The van der Waals surface area contributed by atoms with Crippen molar-refractivity contribution in [3.8, 4) is 11.5 Å². The van der Waals surface area contributed by atoms with Crippen molar-refractivity contribution in [2.75, 3.05) is 26.2 Å². The molecule has 3 aromatic rings. The highest BCUT2D eigenvalue weighted by atomic mass is 16.6. The third-order valence-corrected chi connectivity index (χ3v) is 5.00. The Labute approximate surface area is 165 Å². The molecule has 1 aliphatic rings. The van der Waals surface area contributed by atoms with E-state index in [1.54, 1.807) is 29.2 Å². The van der Waals surface area contributed by atoms with Crippen LogP contribution in [0.4, 0.5) is 5.69 Å². The molecule has 10 nitrogen and oxygen atoms in total. The van der Waals surface area contributed by atoms with E-state index in [-0.39, 0.29) is 17.6 Å². The molecule has 1 aliphatic heterocycles. The zero-order valence-electron chi connectivity index (χ0n) is 15.7. The molecule has 29 heavy (non-hydrogen) atoms. The van der Waals surface area contributed by atoms with Crippen LogP contribution in [0.1, 0.15) is 29.4 Å². The summed E-state index contributed by atoms with van der Waals surface area (Å²) in [5.74, 6) is 1.01. The monoisotopic (exact) mass is 397 g/mol. The fraction of sp³-hybridized carbons (Fsp3) is 0.316. The lowest BCUT2D eigenvalue weighted by Crippen LogP contribution is -2.49.